The summed E-state index contributed by atoms with van der Waals surface area (Å²) >= 11 is 0. The zero-order chi connectivity index (χ0) is 10.0. The number of carboxylic acid groups (broad SMARTS) is 1. The minimum absolute atomic E-state index is 0.0694. The molecule has 13 heavy (non-hydrogen) atoms. The summed E-state index contributed by atoms with van der Waals surface area (Å²) in [5.74, 6) is -3.12. The molecule has 2 N–H and O–H groups in total. The van der Waals surface area contributed by atoms with Gasteiger partial charge in [-0.3, -0.25) is 0 Å². The first-order chi connectivity index (χ1) is 6.06. The van der Waals surface area contributed by atoms with E-state index in [9.17, 15) is 9.18 Å². The maximum atomic E-state index is 12.9. The number of phenols is 1. The lowest BCUT2D eigenvalue weighted by molar-refractivity contribution is 0.0688. The van der Waals surface area contributed by atoms with Gasteiger partial charge in [0.15, 0.2) is 0 Å². The van der Waals surface area contributed by atoms with Gasteiger partial charge in [0.25, 0.3) is 0 Å². The number of halogens is 1. The Morgan fingerprint density at radius 2 is 2.15 bits per heavy atom. The van der Waals surface area contributed by atoms with Gasteiger partial charge in [0.1, 0.15) is 22.9 Å². The number of carboxylic acids is 1. The van der Waals surface area contributed by atoms with Crippen molar-refractivity contribution in [1.29, 1.82) is 0 Å². The summed E-state index contributed by atoms with van der Waals surface area (Å²) in [6, 6.07) is 1.93. The highest BCUT2D eigenvalue weighted by atomic mass is 19.1. The Hall–Kier alpha value is -1.78. The average molecular weight is 186 g/mol. The van der Waals surface area contributed by atoms with Crippen molar-refractivity contribution in [2.24, 2.45) is 0 Å². The van der Waals surface area contributed by atoms with Crippen molar-refractivity contribution in [2.75, 3.05) is 7.11 Å². The van der Waals surface area contributed by atoms with Crippen LogP contribution in [0.3, 0.4) is 0 Å². The van der Waals surface area contributed by atoms with Gasteiger partial charge in [0.05, 0.1) is 7.11 Å². The van der Waals surface area contributed by atoms with Crippen LogP contribution in [0.1, 0.15) is 10.4 Å². The number of carbonyl (C=O) groups is 1. The molecule has 0 saturated heterocycles. The van der Waals surface area contributed by atoms with Crippen molar-refractivity contribution < 1.29 is 24.1 Å². The van der Waals surface area contributed by atoms with E-state index in [4.69, 9.17) is 10.2 Å². The van der Waals surface area contributed by atoms with E-state index in [1.165, 1.54) is 7.11 Å². The summed E-state index contributed by atoms with van der Waals surface area (Å²) < 4.78 is 17.5. The molecule has 0 spiro atoms. The van der Waals surface area contributed by atoms with Crippen LogP contribution in [0.5, 0.6) is 11.5 Å². The van der Waals surface area contributed by atoms with Crippen LogP contribution in [0.2, 0.25) is 0 Å². The predicted molar refractivity (Wildman–Crippen MR) is 41.6 cm³/mol. The lowest BCUT2D eigenvalue weighted by Gasteiger charge is -2.04. The van der Waals surface area contributed by atoms with E-state index in [1.807, 2.05) is 0 Å². The molecule has 70 valence electrons. The van der Waals surface area contributed by atoms with Crippen LogP contribution in [0, 0.1) is 5.82 Å². The van der Waals surface area contributed by atoms with Gasteiger partial charge in [-0.1, -0.05) is 0 Å². The quantitative estimate of drug-likeness (QED) is 0.729. The smallest absolute Gasteiger partial charge is 0.342 e. The van der Waals surface area contributed by atoms with Gasteiger partial charge in [-0.25, -0.2) is 9.18 Å². The zero-order valence-corrected chi connectivity index (χ0v) is 6.74. The number of methoxy groups -OCH3 is 1. The summed E-state index contributed by atoms with van der Waals surface area (Å²) in [5, 5.41) is 17.5. The van der Waals surface area contributed by atoms with Crippen LogP contribution in [0.4, 0.5) is 4.39 Å². The fraction of sp³-hybridized carbons (Fsp3) is 0.125. The maximum absolute atomic E-state index is 12.9. The zero-order valence-electron chi connectivity index (χ0n) is 6.74. The van der Waals surface area contributed by atoms with Crippen molar-refractivity contribution in [3.63, 3.8) is 0 Å². The first kappa shape index (κ1) is 9.31. The minimum Gasteiger partial charge on any atom is -0.507 e. The van der Waals surface area contributed by atoms with E-state index in [0.717, 1.165) is 12.1 Å². The van der Waals surface area contributed by atoms with Gasteiger partial charge in [-0.2, -0.15) is 0 Å². The van der Waals surface area contributed by atoms with Crippen LogP contribution in [-0.2, 0) is 0 Å². The van der Waals surface area contributed by atoms with Gasteiger partial charge in [-0.15, -0.1) is 0 Å². The SMILES string of the molecule is COc1cc(O)c(C(=O)O)c(F)c1. The molecule has 0 unspecified atom stereocenters. The standard InChI is InChI=1S/C8H7FO4/c1-13-4-2-5(9)7(8(11)12)6(10)3-4/h2-3,10H,1H3,(H,11,12). The molecule has 0 aliphatic carbocycles. The monoisotopic (exact) mass is 186 g/mol. The molecule has 0 radical (unpaired) electrons. The van der Waals surface area contributed by atoms with Gasteiger partial charge in [0.2, 0.25) is 0 Å². The second kappa shape index (κ2) is 3.30. The number of hydrogen-bond donors (Lipinski definition) is 2. The summed E-state index contributed by atoms with van der Waals surface area (Å²) in [6.07, 6.45) is 0. The third-order valence-corrected chi connectivity index (χ3v) is 1.49. The number of aromatic carboxylic acids is 1. The average Bonchev–Trinajstić information content (AvgIpc) is 2.02. The molecule has 5 heteroatoms. The largest absolute Gasteiger partial charge is 0.507 e. The molecule has 0 aliphatic heterocycles. The van der Waals surface area contributed by atoms with Crippen molar-refractivity contribution in [3.8, 4) is 11.5 Å². The Kier molecular flexibility index (Phi) is 2.36. The van der Waals surface area contributed by atoms with E-state index in [1.54, 1.807) is 0 Å². The lowest BCUT2D eigenvalue weighted by Crippen LogP contribution is -2.01. The van der Waals surface area contributed by atoms with E-state index in [0.29, 0.717) is 0 Å². The first-order valence-corrected chi connectivity index (χ1v) is 3.36. The van der Waals surface area contributed by atoms with E-state index < -0.39 is 23.1 Å². The van der Waals surface area contributed by atoms with Crippen molar-refractivity contribution in [3.05, 3.63) is 23.5 Å². The van der Waals surface area contributed by atoms with Gasteiger partial charge < -0.3 is 14.9 Å². The second-order valence-electron chi connectivity index (χ2n) is 2.31. The van der Waals surface area contributed by atoms with Crippen molar-refractivity contribution >= 4 is 5.97 Å². The van der Waals surface area contributed by atoms with Crippen LogP contribution in [0.15, 0.2) is 12.1 Å². The molecular formula is C8H7FO4. The van der Waals surface area contributed by atoms with Gasteiger partial charge in [-0.05, 0) is 0 Å². The van der Waals surface area contributed by atoms with Crippen LogP contribution >= 0.6 is 0 Å². The van der Waals surface area contributed by atoms with E-state index in [2.05, 4.69) is 4.74 Å². The molecule has 1 aromatic carbocycles. The van der Waals surface area contributed by atoms with Crippen molar-refractivity contribution in [2.45, 2.75) is 0 Å². The van der Waals surface area contributed by atoms with E-state index in [-0.39, 0.29) is 5.75 Å². The maximum Gasteiger partial charge on any atom is 0.342 e. The molecule has 4 nitrogen and oxygen atoms in total. The highest BCUT2D eigenvalue weighted by Gasteiger charge is 2.17. The third-order valence-electron chi connectivity index (χ3n) is 1.49. The lowest BCUT2D eigenvalue weighted by atomic mass is 10.2. The molecule has 1 aromatic rings. The molecule has 1 rings (SSSR count). The molecule has 0 fully saturated rings. The van der Waals surface area contributed by atoms with Crippen LogP contribution in [-0.4, -0.2) is 23.3 Å². The minimum atomic E-state index is -1.52. The highest BCUT2D eigenvalue weighted by Crippen LogP contribution is 2.26. The summed E-state index contributed by atoms with van der Waals surface area (Å²) in [7, 11) is 1.29. The fourth-order valence-corrected chi connectivity index (χ4v) is 0.898. The molecule has 0 aliphatic rings. The highest BCUT2D eigenvalue weighted by molar-refractivity contribution is 5.91. The summed E-state index contributed by atoms with van der Waals surface area (Å²) in [5.41, 5.74) is -0.749. The number of rotatable bonds is 2. The summed E-state index contributed by atoms with van der Waals surface area (Å²) in [4.78, 5) is 10.4. The number of hydrogen-bond acceptors (Lipinski definition) is 3. The first-order valence-electron chi connectivity index (χ1n) is 3.36. The Labute approximate surface area is 73.2 Å². The van der Waals surface area contributed by atoms with Crippen LogP contribution in [0.25, 0.3) is 0 Å². The Balaban J connectivity index is 3.31. The molecule has 0 atom stereocenters. The molecular weight excluding hydrogens is 179 g/mol. The Bertz CT molecular complexity index is 325. The molecule has 0 saturated carbocycles. The molecule has 0 bridgehead atoms. The normalized spacial score (nSPS) is 9.69. The third kappa shape index (κ3) is 1.69. The number of ether oxygens (including phenoxy) is 1. The molecule has 0 aromatic heterocycles. The molecule has 0 heterocycles. The van der Waals surface area contributed by atoms with Crippen LogP contribution < -0.4 is 4.74 Å². The van der Waals surface area contributed by atoms with Gasteiger partial charge in [0, 0.05) is 12.1 Å². The van der Waals surface area contributed by atoms with E-state index >= 15 is 0 Å². The Morgan fingerprint density at radius 1 is 1.54 bits per heavy atom. The number of benzene rings is 1. The molecule has 0 amide bonds. The number of aromatic hydroxyl groups is 1. The predicted octanol–water partition coefficient (Wildman–Crippen LogP) is 1.24. The summed E-state index contributed by atoms with van der Waals surface area (Å²) in [6.45, 7) is 0. The fourth-order valence-electron chi connectivity index (χ4n) is 0.898. The topological polar surface area (TPSA) is 66.8 Å². The van der Waals surface area contributed by atoms with Crippen molar-refractivity contribution in [1.82, 2.24) is 0 Å². The second-order valence-corrected chi connectivity index (χ2v) is 2.31. The van der Waals surface area contributed by atoms with Gasteiger partial charge >= 0.3 is 5.97 Å². The Morgan fingerprint density at radius 3 is 2.54 bits per heavy atom.